The third kappa shape index (κ3) is 4.26. The second kappa shape index (κ2) is 7.14. The molecule has 0 spiro atoms. The van der Waals surface area contributed by atoms with E-state index in [1.54, 1.807) is 6.92 Å². The van der Waals surface area contributed by atoms with Crippen LogP contribution in [0, 0.1) is 5.82 Å². The van der Waals surface area contributed by atoms with Crippen molar-refractivity contribution in [2.45, 2.75) is 18.2 Å². The molecular weight excluding hydrogens is 353 g/mol. The van der Waals surface area contributed by atoms with Gasteiger partial charge in [-0.1, -0.05) is 15.9 Å². The summed E-state index contributed by atoms with van der Waals surface area (Å²) in [6, 6.07) is 3.69. The standard InChI is InChI=1S/C12H15BrFNO4S/c1-3-19-12(16)6-7-15(2)20(17,18)11-5-4-9(13)8-10(11)14/h4-5,8H,3,6-7H2,1-2H3. The summed E-state index contributed by atoms with van der Waals surface area (Å²) in [5, 5.41) is 0. The van der Waals surface area contributed by atoms with Crippen LogP contribution in [-0.2, 0) is 19.6 Å². The minimum absolute atomic E-state index is 0.0727. The smallest absolute Gasteiger partial charge is 0.307 e. The number of hydrogen-bond donors (Lipinski definition) is 0. The van der Waals surface area contributed by atoms with Crippen molar-refractivity contribution < 1.29 is 22.3 Å². The van der Waals surface area contributed by atoms with Crippen molar-refractivity contribution in [3.63, 3.8) is 0 Å². The minimum atomic E-state index is -3.97. The number of carbonyl (C=O) groups excluding carboxylic acids is 1. The summed E-state index contributed by atoms with van der Waals surface area (Å²) in [5.41, 5.74) is 0. The summed E-state index contributed by atoms with van der Waals surface area (Å²) in [7, 11) is -2.68. The predicted octanol–water partition coefficient (Wildman–Crippen LogP) is 2.16. The van der Waals surface area contributed by atoms with E-state index >= 15 is 0 Å². The Morgan fingerprint density at radius 2 is 2.10 bits per heavy atom. The quantitative estimate of drug-likeness (QED) is 0.722. The molecular formula is C12H15BrFNO4S. The molecule has 1 aromatic rings. The van der Waals surface area contributed by atoms with E-state index in [1.807, 2.05) is 0 Å². The minimum Gasteiger partial charge on any atom is -0.466 e. The van der Waals surface area contributed by atoms with Crippen molar-refractivity contribution in [2.75, 3.05) is 20.2 Å². The van der Waals surface area contributed by atoms with Crippen LogP contribution < -0.4 is 0 Å². The van der Waals surface area contributed by atoms with Crippen LogP contribution in [0.3, 0.4) is 0 Å². The van der Waals surface area contributed by atoms with Crippen LogP contribution in [0.4, 0.5) is 4.39 Å². The van der Waals surface area contributed by atoms with Gasteiger partial charge < -0.3 is 4.74 Å². The topological polar surface area (TPSA) is 63.7 Å². The second-order valence-corrected chi connectivity index (χ2v) is 6.89. The van der Waals surface area contributed by atoms with Crippen molar-refractivity contribution >= 4 is 31.9 Å². The highest BCUT2D eigenvalue weighted by Crippen LogP contribution is 2.22. The second-order valence-electron chi connectivity index (χ2n) is 3.96. The molecule has 0 radical (unpaired) electrons. The number of rotatable bonds is 6. The average molecular weight is 368 g/mol. The molecule has 0 saturated heterocycles. The maximum Gasteiger partial charge on any atom is 0.307 e. The Kier molecular flexibility index (Phi) is 6.09. The van der Waals surface area contributed by atoms with E-state index in [0.717, 1.165) is 10.4 Å². The van der Waals surface area contributed by atoms with E-state index in [2.05, 4.69) is 15.9 Å². The fourth-order valence-corrected chi connectivity index (χ4v) is 3.00. The number of halogens is 2. The molecule has 0 heterocycles. The normalized spacial score (nSPS) is 11.7. The van der Waals surface area contributed by atoms with Crippen LogP contribution in [-0.4, -0.2) is 38.9 Å². The van der Waals surface area contributed by atoms with Crippen molar-refractivity contribution in [3.05, 3.63) is 28.5 Å². The Bertz CT molecular complexity index is 591. The fourth-order valence-electron chi connectivity index (χ4n) is 1.45. The summed E-state index contributed by atoms with van der Waals surface area (Å²) in [5.74, 6) is -1.34. The van der Waals surface area contributed by atoms with Gasteiger partial charge in [-0.2, -0.15) is 0 Å². The van der Waals surface area contributed by atoms with Crippen LogP contribution in [0.1, 0.15) is 13.3 Å². The SMILES string of the molecule is CCOC(=O)CCN(C)S(=O)(=O)c1ccc(Br)cc1F. The van der Waals surface area contributed by atoms with Crippen LogP contribution in [0.15, 0.2) is 27.6 Å². The van der Waals surface area contributed by atoms with Crippen molar-refractivity contribution in [3.8, 4) is 0 Å². The number of benzene rings is 1. The Balaban J connectivity index is 2.85. The zero-order valence-electron chi connectivity index (χ0n) is 11.1. The van der Waals surface area contributed by atoms with Crippen LogP contribution >= 0.6 is 15.9 Å². The molecule has 0 aromatic heterocycles. The zero-order chi connectivity index (χ0) is 15.3. The molecule has 0 unspecified atom stereocenters. The summed E-state index contributed by atoms with van der Waals surface area (Å²) >= 11 is 3.06. The molecule has 0 aliphatic rings. The molecule has 0 fully saturated rings. The summed E-state index contributed by atoms with van der Waals surface area (Å²) < 4.78 is 44.1. The Morgan fingerprint density at radius 3 is 2.65 bits per heavy atom. The van der Waals surface area contributed by atoms with Gasteiger partial charge in [0.25, 0.3) is 0 Å². The number of esters is 1. The van der Waals surface area contributed by atoms with E-state index in [-0.39, 0.29) is 19.6 Å². The maximum absolute atomic E-state index is 13.7. The summed E-state index contributed by atoms with van der Waals surface area (Å²) in [4.78, 5) is 10.8. The van der Waals surface area contributed by atoms with Gasteiger partial charge >= 0.3 is 5.97 Å². The molecule has 112 valence electrons. The van der Waals surface area contributed by atoms with Gasteiger partial charge in [-0.3, -0.25) is 4.79 Å². The van der Waals surface area contributed by atoms with Crippen molar-refractivity contribution in [2.24, 2.45) is 0 Å². The molecule has 1 rings (SSSR count). The monoisotopic (exact) mass is 367 g/mol. The van der Waals surface area contributed by atoms with Crippen LogP contribution in [0.5, 0.6) is 0 Å². The van der Waals surface area contributed by atoms with Gasteiger partial charge in [0.15, 0.2) is 0 Å². The summed E-state index contributed by atoms with van der Waals surface area (Å²) in [6.07, 6.45) is -0.0816. The lowest BCUT2D eigenvalue weighted by Gasteiger charge is -2.17. The molecule has 0 aliphatic heterocycles. The molecule has 0 bridgehead atoms. The van der Waals surface area contributed by atoms with E-state index in [4.69, 9.17) is 4.74 Å². The highest BCUT2D eigenvalue weighted by atomic mass is 79.9. The number of sulfonamides is 1. The molecule has 0 amide bonds. The number of nitrogens with zero attached hydrogens (tertiary/aromatic N) is 1. The molecule has 0 aliphatic carbocycles. The predicted molar refractivity (Wildman–Crippen MR) is 75.2 cm³/mol. The Morgan fingerprint density at radius 1 is 1.45 bits per heavy atom. The third-order valence-electron chi connectivity index (χ3n) is 2.52. The van der Waals surface area contributed by atoms with E-state index in [1.165, 1.54) is 19.2 Å². The van der Waals surface area contributed by atoms with Gasteiger partial charge in [0.05, 0.1) is 13.0 Å². The van der Waals surface area contributed by atoms with Gasteiger partial charge in [0, 0.05) is 18.1 Å². The number of carbonyl (C=O) groups is 1. The number of ether oxygens (including phenoxy) is 1. The molecule has 0 saturated carbocycles. The first-order valence-corrected chi connectivity index (χ1v) is 8.09. The first-order valence-electron chi connectivity index (χ1n) is 5.86. The Hall–Kier alpha value is -0.990. The highest BCUT2D eigenvalue weighted by Gasteiger charge is 2.25. The third-order valence-corrected chi connectivity index (χ3v) is 4.90. The van der Waals surface area contributed by atoms with Gasteiger partial charge in [-0.05, 0) is 25.1 Å². The lowest BCUT2D eigenvalue weighted by molar-refractivity contribution is -0.143. The van der Waals surface area contributed by atoms with Crippen molar-refractivity contribution in [1.82, 2.24) is 4.31 Å². The molecule has 8 heteroatoms. The maximum atomic E-state index is 13.7. The van der Waals surface area contributed by atoms with Crippen LogP contribution in [0.2, 0.25) is 0 Å². The lowest BCUT2D eigenvalue weighted by Crippen LogP contribution is -2.30. The fraction of sp³-hybridized carbons (Fsp3) is 0.417. The van der Waals surface area contributed by atoms with Gasteiger partial charge in [0.1, 0.15) is 10.7 Å². The highest BCUT2D eigenvalue weighted by molar-refractivity contribution is 9.10. The first kappa shape index (κ1) is 17.1. The molecule has 5 nitrogen and oxygen atoms in total. The van der Waals surface area contributed by atoms with Gasteiger partial charge in [0.2, 0.25) is 10.0 Å². The number of hydrogen-bond acceptors (Lipinski definition) is 4. The van der Waals surface area contributed by atoms with E-state index in [9.17, 15) is 17.6 Å². The summed E-state index contributed by atoms with van der Waals surface area (Å²) in [6.45, 7) is 1.82. The van der Waals surface area contributed by atoms with Gasteiger partial charge in [-0.25, -0.2) is 17.1 Å². The van der Waals surface area contributed by atoms with E-state index in [0.29, 0.717) is 4.47 Å². The zero-order valence-corrected chi connectivity index (χ0v) is 13.5. The Labute approximate surface area is 125 Å². The van der Waals surface area contributed by atoms with Crippen molar-refractivity contribution in [1.29, 1.82) is 0 Å². The largest absolute Gasteiger partial charge is 0.466 e. The molecule has 1 aromatic carbocycles. The lowest BCUT2D eigenvalue weighted by atomic mass is 10.3. The first-order chi connectivity index (χ1) is 9.28. The van der Waals surface area contributed by atoms with Crippen LogP contribution in [0.25, 0.3) is 0 Å². The average Bonchev–Trinajstić information content (AvgIpc) is 2.35. The molecule has 0 N–H and O–H groups in total. The molecule has 20 heavy (non-hydrogen) atoms. The molecule has 0 atom stereocenters. The van der Waals surface area contributed by atoms with E-state index < -0.39 is 26.7 Å². The van der Waals surface area contributed by atoms with Gasteiger partial charge in [-0.15, -0.1) is 0 Å².